The molecule has 0 aliphatic carbocycles. The van der Waals surface area contributed by atoms with Crippen LogP contribution in [0.1, 0.15) is 12.5 Å². The number of carboxylic acid groups (broad SMARTS) is 1. The first kappa shape index (κ1) is 26.7. The van der Waals surface area contributed by atoms with Gasteiger partial charge in [-0.15, -0.1) is 0 Å². The van der Waals surface area contributed by atoms with Crippen LogP contribution in [0.25, 0.3) is 0 Å². The fourth-order valence-electron chi connectivity index (χ4n) is 3.77. The zero-order valence-electron chi connectivity index (χ0n) is 18.3. The molecule has 13 nitrogen and oxygen atoms in total. The number of aliphatic hydroxyl groups excluding tert-OH is 6. The fraction of sp³-hybridized carbons (Fsp3) is 0.667. The maximum atomic E-state index is 10.9. The Balaban J connectivity index is 1.71. The second-order valence-corrected chi connectivity index (χ2v) is 8.40. The topological polar surface area (TPSA) is 222 Å². The molecule has 0 spiro atoms. The molecule has 2 fully saturated rings. The molecule has 1 aromatic carbocycles. The summed E-state index contributed by atoms with van der Waals surface area (Å²) in [6.45, 7) is 0.799. The van der Waals surface area contributed by atoms with E-state index in [0.29, 0.717) is 5.56 Å². The first-order chi connectivity index (χ1) is 16.0. The minimum absolute atomic E-state index is 0.0928. The molecule has 2 aliphatic heterocycles. The maximum Gasteiger partial charge on any atom is 0.320 e. The van der Waals surface area contributed by atoms with E-state index in [1.165, 1.54) is 19.1 Å². The zero-order chi connectivity index (χ0) is 25.2. The summed E-state index contributed by atoms with van der Waals surface area (Å²) in [5.74, 6) is -0.910. The third-order valence-corrected chi connectivity index (χ3v) is 5.87. The Morgan fingerprint density at radius 3 is 2.21 bits per heavy atom. The standard InChI is InChI=1S/C21H31NO12/c1-8-13(24)15(26)16(27)20(31-8)34-18-14(25)12(7-23)33-21(17(18)28)32-10-4-2-9(3-5-10)6-11(22)19(29)30/h2-5,8,11-18,20-21,23-28H,6-7,22H2,1H3,(H,29,30)/t8-,11-,12+,13-,14-,15+,16+,17+,18-,20-,21+/m0/s1. The van der Waals surface area contributed by atoms with Crippen molar-refractivity contribution in [3.8, 4) is 5.75 Å². The molecule has 0 radical (unpaired) electrons. The van der Waals surface area contributed by atoms with Crippen LogP contribution in [-0.2, 0) is 25.4 Å². The Bertz CT molecular complexity index is 809. The van der Waals surface area contributed by atoms with Crippen molar-refractivity contribution in [3.05, 3.63) is 29.8 Å². The van der Waals surface area contributed by atoms with Crippen molar-refractivity contribution in [2.45, 2.75) is 80.8 Å². The second-order valence-electron chi connectivity index (χ2n) is 8.40. The van der Waals surface area contributed by atoms with E-state index in [1.807, 2.05) is 0 Å². The highest BCUT2D eigenvalue weighted by atomic mass is 16.7. The van der Waals surface area contributed by atoms with E-state index in [1.54, 1.807) is 12.1 Å². The summed E-state index contributed by atoms with van der Waals surface area (Å²) in [5, 5.41) is 69.8. The van der Waals surface area contributed by atoms with Crippen molar-refractivity contribution < 1.29 is 59.5 Å². The molecule has 2 heterocycles. The van der Waals surface area contributed by atoms with Crippen LogP contribution >= 0.6 is 0 Å². The average Bonchev–Trinajstić information content (AvgIpc) is 2.81. The van der Waals surface area contributed by atoms with E-state index < -0.39 is 80.0 Å². The number of hydrogen-bond donors (Lipinski definition) is 8. The van der Waals surface area contributed by atoms with Gasteiger partial charge >= 0.3 is 5.97 Å². The van der Waals surface area contributed by atoms with E-state index in [-0.39, 0.29) is 12.2 Å². The number of aliphatic hydroxyl groups is 6. The monoisotopic (exact) mass is 489 g/mol. The Morgan fingerprint density at radius 2 is 1.62 bits per heavy atom. The second kappa shape index (κ2) is 11.2. The first-order valence-electron chi connectivity index (χ1n) is 10.7. The van der Waals surface area contributed by atoms with Crippen LogP contribution < -0.4 is 10.5 Å². The molecule has 9 N–H and O–H groups in total. The van der Waals surface area contributed by atoms with Gasteiger partial charge in [0.15, 0.2) is 6.29 Å². The Hall–Kier alpha value is -1.91. The summed E-state index contributed by atoms with van der Waals surface area (Å²) in [4.78, 5) is 10.9. The van der Waals surface area contributed by atoms with Crippen LogP contribution in [0.3, 0.4) is 0 Å². The van der Waals surface area contributed by atoms with Crippen molar-refractivity contribution in [1.82, 2.24) is 0 Å². The molecule has 2 aliphatic rings. The molecule has 3 rings (SSSR count). The van der Waals surface area contributed by atoms with Crippen LogP contribution in [-0.4, -0.2) is 116 Å². The minimum Gasteiger partial charge on any atom is -0.480 e. The van der Waals surface area contributed by atoms with Crippen molar-refractivity contribution in [2.24, 2.45) is 5.73 Å². The molecule has 11 atom stereocenters. The number of nitrogens with two attached hydrogens (primary N) is 1. The Labute approximate surface area is 194 Å². The van der Waals surface area contributed by atoms with E-state index in [4.69, 9.17) is 29.8 Å². The van der Waals surface area contributed by atoms with Crippen LogP contribution in [0.15, 0.2) is 24.3 Å². The fourth-order valence-corrected chi connectivity index (χ4v) is 3.77. The van der Waals surface area contributed by atoms with Crippen LogP contribution in [0.5, 0.6) is 5.75 Å². The lowest BCUT2D eigenvalue weighted by atomic mass is 9.97. The smallest absolute Gasteiger partial charge is 0.320 e. The van der Waals surface area contributed by atoms with Gasteiger partial charge in [0.05, 0.1) is 12.7 Å². The van der Waals surface area contributed by atoms with Gasteiger partial charge in [-0.1, -0.05) is 12.1 Å². The van der Waals surface area contributed by atoms with E-state index in [9.17, 15) is 35.4 Å². The summed E-state index contributed by atoms with van der Waals surface area (Å²) < 4.78 is 22.0. The number of benzene rings is 1. The number of ether oxygens (including phenoxy) is 4. The summed E-state index contributed by atoms with van der Waals surface area (Å²) >= 11 is 0. The summed E-state index contributed by atoms with van der Waals surface area (Å²) in [6.07, 6.45) is -14.2. The van der Waals surface area contributed by atoms with E-state index >= 15 is 0 Å². The minimum atomic E-state index is -1.68. The molecule has 0 unspecified atom stereocenters. The van der Waals surface area contributed by atoms with Gasteiger partial charge in [0, 0.05) is 0 Å². The van der Waals surface area contributed by atoms with Crippen LogP contribution in [0.2, 0.25) is 0 Å². The molecule has 34 heavy (non-hydrogen) atoms. The average molecular weight is 489 g/mol. The van der Waals surface area contributed by atoms with Gasteiger partial charge in [-0.05, 0) is 31.0 Å². The third kappa shape index (κ3) is 5.83. The molecular weight excluding hydrogens is 458 g/mol. The van der Waals surface area contributed by atoms with E-state index in [0.717, 1.165) is 0 Å². The molecule has 2 saturated heterocycles. The lowest BCUT2D eigenvalue weighted by Crippen LogP contribution is -2.64. The van der Waals surface area contributed by atoms with Crippen molar-refractivity contribution >= 4 is 5.97 Å². The molecule has 13 heteroatoms. The summed E-state index contributed by atoms with van der Waals surface area (Å²) in [6, 6.07) is 5.10. The van der Waals surface area contributed by atoms with Gasteiger partial charge in [0.1, 0.15) is 54.5 Å². The quantitative estimate of drug-likeness (QED) is 0.179. The highest BCUT2D eigenvalue weighted by Gasteiger charge is 2.50. The molecule has 192 valence electrons. The maximum absolute atomic E-state index is 10.9. The SMILES string of the molecule is C[C@@H]1O[C@@H](O[C@H]2[C@@H](O)[C@@H](CO)O[C@@H](Oc3ccc(C[C@H](N)C(=O)O)cc3)[C@@H]2O)[C@H](O)[C@H](O)[C@H]1O. The lowest BCUT2D eigenvalue weighted by molar-refractivity contribution is -0.349. The van der Waals surface area contributed by atoms with Gasteiger partial charge < -0.3 is 60.4 Å². The van der Waals surface area contributed by atoms with Gasteiger partial charge in [-0.25, -0.2) is 0 Å². The molecular formula is C21H31NO12. The number of carboxylic acids is 1. The highest BCUT2D eigenvalue weighted by molar-refractivity contribution is 5.73. The van der Waals surface area contributed by atoms with Gasteiger partial charge in [0.25, 0.3) is 0 Å². The summed E-state index contributed by atoms with van der Waals surface area (Å²) in [5.41, 5.74) is 6.16. The zero-order valence-corrected chi connectivity index (χ0v) is 18.3. The molecule has 0 bridgehead atoms. The van der Waals surface area contributed by atoms with Crippen molar-refractivity contribution in [3.63, 3.8) is 0 Å². The first-order valence-corrected chi connectivity index (χ1v) is 10.7. The molecule has 0 aromatic heterocycles. The van der Waals surface area contributed by atoms with Crippen molar-refractivity contribution in [2.75, 3.05) is 6.61 Å². The predicted octanol–water partition coefficient (Wildman–Crippen LogP) is -3.33. The largest absolute Gasteiger partial charge is 0.480 e. The van der Waals surface area contributed by atoms with Gasteiger partial charge in [-0.3, -0.25) is 4.79 Å². The third-order valence-electron chi connectivity index (χ3n) is 5.87. The molecule has 0 amide bonds. The number of rotatable bonds is 8. The molecule has 0 saturated carbocycles. The summed E-state index contributed by atoms with van der Waals surface area (Å²) in [7, 11) is 0. The van der Waals surface area contributed by atoms with Gasteiger partial charge in [0.2, 0.25) is 6.29 Å². The number of aliphatic carboxylic acids is 1. The Kier molecular flexibility index (Phi) is 8.81. The van der Waals surface area contributed by atoms with Crippen LogP contribution in [0.4, 0.5) is 0 Å². The van der Waals surface area contributed by atoms with Crippen molar-refractivity contribution in [1.29, 1.82) is 0 Å². The predicted molar refractivity (Wildman–Crippen MR) is 111 cm³/mol. The normalized spacial score (nSPS) is 39.4. The lowest BCUT2D eigenvalue weighted by Gasteiger charge is -2.45. The molecule has 1 aromatic rings. The number of carbonyl (C=O) groups is 1. The highest BCUT2D eigenvalue weighted by Crippen LogP contribution is 2.30. The van der Waals surface area contributed by atoms with E-state index in [2.05, 4.69) is 0 Å². The van der Waals surface area contributed by atoms with Gasteiger partial charge in [-0.2, -0.15) is 0 Å². The Morgan fingerprint density at radius 1 is 0.971 bits per heavy atom. The van der Waals surface area contributed by atoms with Crippen LogP contribution in [0, 0.1) is 0 Å². The number of hydrogen-bond acceptors (Lipinski definition) is 12.